The van der Waals surface area contributed by atoms with Gasteiger partial charge >= 0.3 is 0 Å². The van der Waals surface area contributed by atoms with E-state index in [0.717, 1.165) is 0 Å². The molecule has 1 aromatic carbocycles. The summed E-state index contributed by atoms with van der Waals surface area (Å²) in [5.74, 6) is -0.0572. The highest BCUT2D eigenvalue weighted by atomic mass is 32.2. The van der Waals surface area contributed by atoms with Crippen LogP contribution in [0, 0.1) is 0 Å². The molecule has 6 heteroatoms. The fourth-order valence-electron chi connectivity index (χ4n) is 1.43. The zero-order valence-corrected chi connectivity index (χ0v) is 11.3. The monoisotopic (exact) mass is 281 g/mol. The Morgan fingerprint density at radius 1 is 1.44 bits per heavy atom. The molecule has 0 radical (unpaired) electrons. The van der Waals surface area contributed by atoms with Crippen molar-refractivity contribution < 1.29 is 14.6 Å². The average Bonchev–Trinajstić information content (AvgIpc) is 2.63. The number of nitrogens with zero attached hydrogens (tertiary/aromatic N) is 1. The lowest BCUT2D eigenvalue weighted by Crippen LogP contribution is -2.27. The van der Waals surface area contributed by atoms with E-state index in [1.54, 1.807) is 12.1 Å². The highest BCUT2D eigenvalue weighted by molar-refractivity contribution is 8.27. The van der Waals surface area contributed by atoms with E-state index in [0.29, 0.717) is 21.5 Å². The molecule has 1 N–H and O–H groups in total. The summed E-state index contributed by atoms with van der Waals surface area (Å²) in [6, 6.07) is 6.31. The molecule has 0 spiro atoms. The molecule has 94 valence electrons. The number of anilines is 1. The summed E-state index contributed by atoms with van der Waals surface area (Å²) in [6.07, 6.45) is 1.43. The van der Waals surface area contributed by atoms with E-state index >= 15 is 0 Å². The van der Waals surface area contributed by atoms with E-state index in [-0.39, 0.29) is 11.7 Å². The summed E-state index contributed by atoms with van der Waals surface area (Å²) in [5, 5.41) is 9.23. The van der Waals surface area contributed by atoms with E-state index in [1.165, 1.54) is 35.1 Å². The van der Waals surface area contributed by atoms with E-state index in [9.17, 15) is 9.90 Å². The van der Waals surface area contributed by atoms with Crippen molar-refractivity contribution in [1.29, 1.82) is 0 Å². The fraction of sp³-hybridized carbons (Fsp3) is 0.167. The van der Waals surface area contributed by atoms with Gasteiger partial charge in [-0.2, -0.15) is 0 Å². The largest absolute Gasteiger partial charge is 0.508 e. The minimum Gasteiger partial charge on any atom is -0.508 e. The molecule has 0 aliphatic carbocycles. The molecule has 1 amide bonds. The van der Waals surface area contributed by atoms with Crippen LogP contribution < -0.4 is 4.90 Å². The second-order valence-electron chi connectivity index (χ2n) is 3.46. The fourth-order valence-corrected chi connectivity index (χ4v) is 2.65. The predicted octanol–water partition coefficient (Wildman–Crippen LogP) is 2.63. The van der Waals surface area contributed by atoms with Gasteiger partial charge in [0.05, 0.1) is 12.3 Å². The van der Waals surface area contributed by atoms with Crippen LogP contribution in [-0.4, -0.2) is 21.9 Å². The first-order chi connectivity index (χ1) is 8.63. The van der Waals surface area contributed by atoms with E-state index in [2.05, 4.69) is 0 Å². The molecule has 18 heavy (non-hydrogen) atoms. The summed E-state index contributed by atoms with van der Waals surface area (Å²) < 4.78 is 5.56. The van der Waals surface area contributed by atoms with Gasteiger partial charge in [0.1, 0.15) is 16.9 Å². The maximum absolute atomic E-state index is 12.1. The van der Waals surface area contributed by atoms with Gasteiger partial charge in [0.25, 0.3) is 5.91 Å². The van der Waals surface area contributed by atoms with Crippen LogP contribution >= 0.6 is 24.0 Å². The van der Waals surface area contributed by atoms with Crippen molar-refractivity contribution in [3.63, 3.8) is 0 Å². The molecular weight excluding hydrogens is 270 g/mol. The van der Waals surface area contributed by atoms with Gasteiger partial charge in [-0.1, -0.05) is 24.0 Å². The second kappa shape index (κ2) is 5.41. The van der Waals surface area contributed by atoms with Crippen molar-refractivity contribution >= 4 is 39.9 Å². The third-order valence-electron chi connectivity index (χ3n) is 2.26. The number of benzene rings is 1. The first-order valence-corrected chi connectivity index (χ1v) is 6.53. The van der Waals surface area contributed by atoms with Crippen LogP contribution in [-0.2, 0) is 9.53 Å². The summed E-state index contributed by atoms with van der Waals surface area (Å²) in [5.41, 5.74) is 0.634. The Morgan fingerprint density at radius 2 is 2.11 bits per heavy atom. The van der Waals surface area contributed by atoms with E-state index in [1.807, 2.05) is 6.92 Å². The molecule has 0 atom stereocenters. The molecule has 2 rings (SSSR count). The van der Waals surface area contributed by atoms with Crippen LogP contribution in [0.2, 0.25) is 0 Å². The number of hydrogen-bond acceptors (Lipinski definition) is 5. The maximum Gasteiger partial charge on any atom is 0.273 e. The molecule has 0 bridgehead atoms. The van der Waals surface area contributed by atoms with Crippen LogP contribution in [0.1, 0.15) is 6.92 Å². The zero-order valence-electron chi connectivity index (χ0n) is 9.62. The lowest BCUT2D eigenvalue weighted by molar-refractivity contribution is -0.113. The standard InChI is InChI=1S/C12H11NO3S2/c1-2-16-7-10-11(15)13(12(17)18-10)8-3-5-9(14)6-4-8/h3-7,14H,2H2,1H3. The van der Waals surface area contributed by atoms with Gasteiger partial charge < -0.3 is 9.84 Å². The van der Waals surface area contributed by atoms with Gasteiger partial charge in [-0.3, -0.25) is 9.69 Å². The Balaban J connectivity index is 2.27. The summed E-state index contributed by atoms with van der Waals surface area (Å²) >= 11 is 6.37. The SMILES string of the molecule is CCOC=C1SC(=S)N(c2ccc(O)cc2)C1=O. The summed E-state index contributed by atoms with van der Waals surface area (Å²) in [7, 11) is 0. The van der Waals surface area contributed by atoms with Crippen LogP contribution in [0.25, 0.3) is 0 Å². The predicted molar refractivity (Wildman–Crippen MR) is 75.5 cm³/mol. The Hall–Kier alpha value is -1.53. The molecule has 1 fully saturated rings. The molecule has 0 unspecified atom stereocenters. The van der Waals surface area contributed by atoms with Crippen molar-refractivity contribution in [2.45, 2.75) is 6.92 Å². The van der Waals surface area contributed by atoms with Crippen molar-refractivity contribution in [3.05, 3.63) is 35.4 Å². The van der Waals surface area contributed by atoms with Crippen molar-refractivity contribution in [1.82, 2.24) is 0 Å². The van der Waals surface area contributed by atoms with Gasteiger partial charge in [-0.15, -0.1) is 0 Å². The third kappa shape index (κ3) is 2.49. The van der Waals surface area contributed by atoms with Crippen molar-refractivity contribution in [2.24, 2.45) is 0 Å². The normalized spacial score (nSPS) is 17.6. The number of carbonyl (C=O) groups excluding carboxylic acids is 1. The van der Waals surface area contributed by atoms with Crippen LogP contribution in [0.5, 0.6) is 5.75 Å². The Labute approximate surface area is 114 Å². The van der Waals surface area contributed by atoms with Crippen LogP contribution in [0.3, 0.4) is 0 Å². The third-order valence-corrected chi connectivity index (χ3v) is 3.54. The molecule has 1 heterocycles. The highest BCUT2D eigenvalue weighted by Gasteiger charge is 2.33. The number of carbonyl (C=O) groups is 1. The van der Waals surface area contributed by atoms with E-state index in [4.69, 9.17) is 17.0 Å². The van der Waals surface area contributed by atoms with Gasteiger partial charge in [0.15, 0.2) is 4.32 Å². The van der Waals surface area contributed by atoms with Crippen LogP contribution in [0.4, 0.5) is 5.69 Å². The first kappa shape index (κ1) is 12.9. The van der Waals surface area contributed by atoms with Gasteiger partial charge in [-0.25, -0.2) is 0 Å². The smallest absolute Gasteiger partial charge is 0.273 e. The molecule has 4 nitrogen and oxygen atoms in total. The summed E-state index contributed by atoms with van der Waals surface area (Å²) in [4.78, 5) is 14.0. The van der Waals surface area contributed by atoms with Crippen molar-refractivity contribution in [3.8, 4) is 5.75 Å². The molecule has 1 aliphatic rings. The number of aromatic hydroxyl groups is 1. The molecule has 0 saturated carbocycles. The zero-order chi connectivity index (χ0) is 13.1. The maximum atomic E-state index is 12.1. The summed E-state index contributed by atoms with van der Waals surface area (Å²) in [6.45, 7) is 2.35. The molecule has 1 aromatic rings. The minimum absolute atomic E-state index is 0.147. The van der Waals surface area contributed by atoms with E-state index < -0.39 is 0 Å². The van der Waals surface area contributed by atoms with Gasteiger partial charge in [-0.05, 0) is 31.2 Å². The number of amides is 1. The molecule has 0 aromatic heterocycles. The number of thioether (sulfide) groups is 1. The Morgan fingerprint density at radius 3 is 2.72 bits per heavy atom. The molecule has 1 saturated heterocycles. The van der Waals surface area contributed by atoms with Crippen molar-refractivity contribution in [2.75, 3.05) is 11.5 Å². The Bertz CT molecular complexity index is 511. The minimum atomic E-state index is -0.205. The average molecular weight is 281 g/mol. The number of thiocarbonyl (C=S) groups is 1. The number of phenols is 1. The number of hydrogen-bond donors (Lipinski definition) is 1. The lowest BCUT2D eigenvalue weighted by Gasteiger charge is -2.14. The van der Waals surface area contributed by atoms with Crippen LogP contribution in [0.15, 0.2) is 35.4 Å². The first-order valence-electron chi connectivity index (χ1n) is 5.30. The number of phenolic OH excluding ortho intramolecular Hbond substituents is 1. The second-order valence-corrected chi connectivity index (χ2v) is 5.14. The van der Waals surface area contributed by atoms with Gasteiger partial charge in [0.2, 0.25) is 0 Å². The highest BCUT2D eigenvalue weighted by Crippen LogP contribution is 2.35. The quantitative estimate of drug-likeness (QED) is 0.524. The number of ether oxygens (including phenoxy) is 1. The lowest BCUT2D eigenvalue weighted by atomic mass is 10.3. The molecular formula is C12H11NO3S2. The molecule has 1 aliphatic heterocycles. The van der Waals surface area contributed by atoms with Gasteiger partial charge in [0, 0.05) is 0 Å². The topological polar surface area (TPSA) is 49.8 Å². The number of rotatable bonds is 3. The Kier molecular flexibility index (Phi) is 3.88.